The Balaban J connectivity index is 1.83. The maximum absolute atomic E-state index is 4.80. The fourth-order valence-corrected chi connectivity index (χ4v) is 2.76. The van der Waals surface area contributed by atoms with Gasteiger partial charge in [0.2, 0.25) is 0 Å². The van der Waals surface area contributed by atoms with E-state index in [0.717, 1.165) is 39.7 Å². The second kappa shape index (κ2) is 7.07. The van der Waals surface area contributed by atoms with E-state index < -0.39 is 0 Å². The van der Waals surface area contributed by atoms with Gasteiger partial charge in [-0.05, 0) is 26.8 Å². The maximum Gasteiger partial charge on any atom is 0.160 e. The van der Waals surface area contributed by atoms with Crippen LogP contribution >= 0.6 is 0 Å². The van der Waals surface area contributed by atoms with Gasteiger partial charge in [-0.2, -0.15) is 0 Å². The Morgan fingerprint density at radius 3 is 2.22 bits per heavy atom. The molecule has 1 aliphatic rings. The number of hydrogen-bond donors (Lipinski definition) is 1. The molecule has 4 rings (SSSR count). The molecule has 1 aromatic carbocycles. The van der Waals surface area contributed by atoms with Crippen molar-refractivity contribution in [2.45, 2.75) is 20.8 Å². The summed E-state index contributed by atoms with van der Waals surface area (Å²) in [7, 11) is 0. The maximum atomic E-state index is 4.80. The quantitative estimate of drug-likeness (QED) is 0.776. The van der Waals surface area contributed by atoms with Crippen molar-refractivity contribution in [2.24, 2.45) is 4.99 Å². The molecule has 2 aromatic heterocycles. The number of aryl methyl sites for hydroxylation is 2. The van der Waals surface area contributed by atoms with Crippen LogP contribution in [0.4, 0.5) is 0 Å². The molecular weight excluding hydrogens is 336 g/mol. The Hall–Kier alpha value is -3.41. The average molecular weight is 356 g/mol. The van der Waals surface area contributed by atoms with Gasteiger partial charge in [-0.25, -0.2) is 19.9 Å². The second-order valence-electron chi connectivity index (χ2n) is 6.56. The number of benzene rings is 1. The van der Waals surface area contributed by atoms with Gasteiger partial charge in [0.25, 0.3) is 0 Å². The van der Waals surface area contributed by atoms with Crippen molar-refractivity contribution in [3.8, 4) is 22.6 Å². The monoisotopic (exact) mass is 356 g/mol. The Bertz CT molecular complexity index is 970. The Morgan fingerprint density at radius 2 is 1.56 bits per heavy atom. The van der Waals surface area contributed by atoms with Crippen LogP contribution < -0.4 is 5.32 Å². The summed E-state index contributed by atoms with van der Waals surface area (Å²) >= 11 is 0. The number of rotatable bonds is 3. The van der Waals surface area contributed by atoms with Crippen LogP contribution in [-0.2, 0) is 0 Å². The third-order valence-corrected chi connectivity index (χ3v) is 4.38. The fourth-order valence-electron chi connectivity index (χ4n) is 2.76. The largest absolute Gasteiger partial charge is 0.350 e. The first-order valence-corrected chi connectivity index (χ1v) is 8.80. The van der Waals surface area contributed by atoms with Gasteiger partial charge in [0.05, 0.1) is 23.8 Å². The summed E-state index contributed by atoms with van der Waals surface area (Å²) < 4.78 is 0. The first-order chi connectivity index (χ1) is 13.1. The van der Waals surface area contributed by atoms with Crippen molar-refractivity contribution >= 4 is 11.4 Å². The first-order valence-electron chi connectivity index (χ1n) is 8.80. The number of hydrogen-bond acceptors (Lipinski definition) is 6. The lowest BCUT2D eigenvalue weighted by molar-refractivity contribution is 1.04. The SMILES string of the molecule is CC1=NCC(c2cc(-c3cnc(C)nc3)nc(-c3ccc(C)cc3)n2)=CN1. The minimum absolute atomic E-state index is 0.590. The summed E-state index contributed by atoms with van der Waals surface area (Å²) in [4.78, 5) is 22.6. The fraction of sp³-hybridized carbons (Fsp3) is 0.190. The molecule has 0 saturated carbocycles. The second-order valence-corrected chi connectivity index (χ2v) is 6.56. The molecule has 0 unspecified atom stereocenters. The molecule has 27 heavy (non-hydrogen) atoms. The van der Waals surface area contributed by atoms with Crippen LogP contribution in [0.3, 0.4) is 0 Å². The van der Waals surface area contributed by atoms with Crippen molar-refractivity contribution in [1.82, 2.24) is 25.3 Å². The highest BCUT2D eigenvalue weighted by atomic mass is 15.0. The van der Waals surface area contributed by atoms with Crippen LogP contribution in [0.25, 0.3) is 28.2 Å². The summed E-state index contributed by atoms with van der Waals surface area (Å²) in [6.07, 6.45) is 5.55. The summed E-state index contributed by atoms with van der Waals surface area (Å²) in [6.45, 7) is 6.47. The molecule has 0 fully saturated rings. The van der Waals surface area contributed by atoms with Crippen LogP contribution in [-0.4, -0.2) is 32.3 Å². The van der Waals surface area contributed by atoms with Crippen molar-refractivity contribution < 1.29 is 0 Å². The lowest BCUT2D eigenvalue weighted by Crippen LogP contribution is -2.19. The van der Waals surface area contributed by atoms with Crippen LogP contribution in [0.15, 0.2) is 53.9 Å². The molecule has 0 amide bonds. The Kier molecular flexibility index (Phi) is 4.46. The Morgan fingerprint density at radius 1 is 0.852 bits per heavy atom. The zero-order valence-corrected chi connectivity index (χ0v) is 15.6. The van der Waals surface area contributed by atoms with E-state index in [9.17, 15) is 0 Å². The molecule has 1 N–H and O–H groups in total. The van der Waals surface area contributed by atoms with Gasteiger partial charge >= 0.3 is 0 Å². The summed E-state index contributed by atoms with van der Waals surface area (Å²) in [5.74, 6) is 2.31. The van der Waals surface area contributed by atoms with Crippen molar-refractivity contribution in [3.05, 3.63) is 66.0 Å². The zero-order chi connectivity index (χ0) is 18.8. The van der Waals surface area contributed by atoms with Crippen molar-refractivity contribution in [1.29, 1.82) is 0 Å². The molecule has 0 radical (unpaired) electrons. The summed E-state index contributed by atoms with van der Waals surface area (Å²) in [5.41, 5.74) is 5.70. The summed E-state index contributed by atoms with van der Waals surface area (Å²) in [5, 5.41) is 3.17. The van der Waals surface area contributed by atoms with Gasteiger partial charge in [0.1, 0.15) is 5.82 Å². The molecule has 0 atom stereocenters. The number of amidine groups is 1. The van der Waals surface area contributed by atoms with Crippen molar-refractivity contribution in [2.75, 3.05) is 6.54 Å². The highest BCUT2D eigenvalue weighted by molar-refractivity contribution is 5.86. The van der Waals surface area contributed by atoms with E-state index in [1.54, 1.807) is 12.4 Å². The normalized spacial score (nSPS) is 13.6. The smallest absolute Gasteiger partial charge is 0.160 e. The Labute approximate surface area is 158 Å². The minimum Gasteiger partial charge on any atom is -0.350 e. The highest BCUT2D eigenvalue weighted by Crippen LogP contribution is 2.25. The number of nitrogens with one attached hydrogen (secondary N) is 1. The average Bonchev–Trinajstić information content (AvgIpc) is 2.69. The molecule has 0 saturated heterocycles. The molecular formula is C21H20N6. The van der Waals surface area contributed by atoms with Crippen LogP contribution in [0.5, 0.6) is 0 Å². The van der Waals surface area contributed by atoms with E-state index in [0.29, 0.717) is 12.4 Å². The molecule has 3 aromatic rings. The van der Waals surface area contributed by atoms with Gasteiger partial charge in [-0.15, -0.1) is 0 Å². The predicted molar refractivity (Wildman–Crippen MR) is 107 cm³/mol. The molecule has 0 spiro atoms. The van der Waals surface area contributed by atoms with Crippen molar-refractivity contribution in [3.63, 3.8) is 0 Å². The standard InChI is InChI=1S/C21H20N6/c1-13-4-6-16(7-5-13)21-26-19(17-9-22-14(2)23-10-17)8-20(27-21)18-11-24-15(3)25-12-18/h4-11H,12H2,1-3H3,(H,24,25). The highest BCUT2D eigenvalue weighted by Gasteiger charge is 2.14. The van der Waals surface area contributed by atoms with E-state index in [1.165, 1.54) is 5.56 Å². The topological polar surface area (TPSA) is 76.0 Å². The number of nitrogens with zero attached hydrogens (tertiary/aromatic N) is 5. The third kappa shape index (κ3) is 3.74. The van der Waals surface area contributed by atoms with Crippen LogP contribution in [0, 0.1) is 13.8 Å². The lowest BCUT2D eigenvalue weighted by Gasteiger charge is -2.14. The van der Waals surface area contributed by atoms with Gasteiger partial charge in [0.15, 0.2) is 5.82 Å². The van der Waals surface area contributed by atoms with E-state index in [4.69, 9.17) is 9.97 Å². The number of aliphatic imine (C=N–C) groups is 1. The number of aromatic nitrogens is 4. The molecule has 0 aliphatic carbocycles. The molecule has 0 bridgehead atoms. The third-order valence-electron chi connectivity index (χ3n) is 4.38. The minimum atomic E-state index is 0.590. The van der Waals surface area contributed by atoms with E-state index in [-0.39, 0.29) is 0 Å². The molecule has 6 heteroatoms. The van der Waals surface area contributed by atoms with E-state index in [1.807, 2.05) is 38.2 Å². The molecule has 3 heterocycles. The molecule has 6 nitrogen and oxygen atoms in total. The van der Waals surface area contributed by atoms with Crippen LogP contribution in [0.2, 0.25) is 0 Å². The predicted octanol–water partition coefficient (Wildman–Crippen LogP) is 3.58. The zero-order valence-electron chi connectivity index (χ0n) is 15.6. The van der Waals surface area contributed by atoms with Gasteiger partial charge in [0, 0.05) is 35.3 Å². The lowest BCUT2D eigenvalue weighted by atomic mass is 10.1. The van der Waals surface area contributed by atoms with E-state index in [2.05, 4.69) is 39.3 Å². The summed E-state index contributed by atoms with van der Waals surface area (Å²) in [6, 6.07) is 10.2. The van der Waals surface area contributed by atoms with Gasteiger partial charge < -0.3 is 5.32 Å². The van der Waals surface area contributed by atoms with Crippen LogP contribution in [0.1, 0.15) is 24.0 Å². The first kappa shape index (κ1) is 17.0. The van der Waals surface area contributed by atoms with Gasteiger partial charge in [-0.1, -0.05) is 29.8 Å². The molecule has 134 valence electrons. The van der Waals surface area contributed by atoms with Gasteiger partial charge in [-0.3, -0.25) is 4.99 Å². The van der Waals surface area contributed by atoms with E-state index >= 15 is 0 Å². The molecule has 1 aliphatic heterocycles.